The van der Waals surface area contributed by atoms with Crippen molar-refractivity contribution in [1.82, 2.24) is 29.5 Å². The monoisotopic (exact) mass is 246 g/mol. The SMILES string of the molecule is Cc1noc(Cn2cnc3c(cnn3C)c2=O)n1. The summed E-state index contributed by atoms with van der Waals surface area (Å²) < 4.78 is 7.94. The third-order valence-electron chi connectivity index (χ3n) is 2.59. The fourth-order valence-electron chi connectivity index (χ4n) is 1.73. The van der Waals surface area contributed by atoms with Crippen LogP contribution in [0.3, 0.4) is 0 Å². The van der Waals surface area contributed by atoms with Gasteiger partial charge in [0.2, 0.25) is 5.89 Å². The zero-order valence-corrected chi connectivity index (χ0v) is 9.86. The van der Waals surface area contributed by atoms with E-state index in [9.17, 15) is 4.79 Å². The molecule has 18 heavy (non-hydrogen) atoms. The third kappa shape index (κ3) is 1.58. The molecule has 0 aliphatic rings. The summed E-state index contributed by atoms with van der Waals surface area (Å²) in [5.41, 5.74) is 0.377. The molecule has 0 fully saturated rings. The standard InChI is InChI=1S/C10H10N6O2/c1-6-13-8(18-14-6)4-16-5-11-9-7(10(16)17)3-12-15(9)2/h3,5H,4H2,1-2H3. The molecule has 0 bridgehead atoms. The molecule has 92 valence electrons. The summed E-state index contributed by atoms with van der Waals surface area (Å²) in [4.78, 5) is 20.4. The van der Waals surface area contributed by atoms with Gasteiger partial charge in [-0.3, -0.25) is 14.0 Å². The van der Waals surface area contributed by atoms with Crippen molar-refractivity contribution in [2.24, 2.45) is 7.05 Å². The molecule has 0 radical (unpaired) electrons. The van der Waals surface area contributed by atoms with Crippen LogP contribution in [0.15, 0.2) is 21.8 Å². The first-order valence-electron chi connectivity index (χ1n) is 5.31. The second kappa shape index (κ2) is 3.76. The van der Waals surface area contributed by atoms with Crippen molar-refractivity contribution >= 4 is 11.0 Å². The minimum absolute atomic E-state index is 0.177. The topological polar surface area (TPSA) is 91.6 Å². The van der Waals surface area contributed by atoms with Gasteiger partial charge in [-0.1, -0.05) is 5.16 Å². The van der Waals surface area contributed by atoms with E-state index >= 15 is 0 Å². The fourth-order valence-corrected chi connectivity index (χ4v) is 1.73. The molecule has 0 aliphatic carbocycles. The zero-order valence-electron chi connectivity index (χ0n) is 9.86. The van der Waals surface area contributed by atoms with Crippen molar-refractivity contribution in [2.75, 3.05) is 0 Å². The highest BCUT2D eigenvalue weighted by atomic mass is 16.5. The lowest BCUT2D eigenvalue weighted by atomic mass is 10.4. The van der Waals surface area contributed by atoms with E-state index in [2.05, 4.69) is 20.2 Å². The number of nitrogens with zero attached hydrogens (tertiary/aromatic N) is 6. The summed E-state index contributed by atoms with van der Waals surface area (Å²) in [6.07, 6.45) is 2.95. The molecule has 3 aromatic rings. The molecule has 3 aromatic heterocycles. The van der Waals surface area contributed by atoms with Crippen LogP contribution in [0, 0.1) is 6.92 Å². The van der Waals surface area contributed by atoms with Gasteiger partial charge in [-0.2, -0.15) is 10.1 Å². The number of fused-ring (bicyclic) bond motifs is 1. The average molecular weight is 246 g/mol. The Morgan fingerprint density at radius 1 is 1.44 bits per heavy atom. The predicted molar refractivity (Wildman–Crippen MR) is 60.9 cm³/mol. The molecule has 0 spiro atoms. The molecule has 3 rings (SSSR count). The number of aromatic nitrogens is 6. The van der Waals surface area contributed by atoms with E-state index in [0.717, 1.165) is 0 Å². The van der Waals surface area contributed by atoms with E-state index in [1.165, 1.54) is 17.1 Å². The normalized spacial score (nSPS) is 11.2. The van der Waals surface area contributed by atoms with E-state index in [1.54, 1.807) is 18.7 Å². The van der Waals surface area contributed by atoms with Gasteiger partial charge in [0.05, 0.1) is 6.20 Å². The summed E-state index contributed by atoms with van der Waals surface area (Å²) in [6.45, 7) is 1.93. The Labute approximate surface area is 101 Å². The van der Waals surface area contributed by atoms with Gasteiger partial charge in [-0.25, -0.2) is 4.98 Å². The highest BCUT2D eigenvalue weighted by molar-refractivity contribution is 5.72. The molecule has 0 amide bonds. The third-order valence-corrected chi connectivity index (χ3v) is 2.59. The predicted octanol–water partition coefficient (Wildman–Crippen LogP) is -0.130. The lowest BCUT2D eigenvalue weighted by molar-refractivity contribution is 0.366. The number of rotatable bonds is 2. The second-order valence-electron chi connectivity index (χ2n) is 3.92. The summed E-state index contributed by atoms with van der Waals surface area (Å²) in [5, 5.41) is 8.14. The molecule has 0 unspecified atom stereocenters. The van der Waals surface area contributed by atoms with Gasteiger partial charge in [-0.15, -0.1) is 0 Å². The Balaban J connectivity index is 2.07. The van der Waals surface area contributed by atoms with Gasteiger partial charge in [0.25, 0.3) is 5.56 Å². The van der Waals surface area contributed by atoms with Crippen LogP contribution >= 0.6 is 0 Å². The smallest absolute Gasteiger partial charge is 0.264 e. The molecule has 8 heteroatoms. The van der Waals surface area contributed by atoms with Crippen molar-refractivity contribution in [2.45, 2.75) is 13.5 Å². The molecule has 3 heterocycles. The van der Waals surface area contributed by atoms with Crippen LogP contribution in [0.4, 0.5) is 0 Å². The Kier molecular flexibility index (Phi) is 2.22. The lowest BCUT2D eigenvalue weighted by Gasteiger charge is -2.01. The minimum atomic E-state index is -0.177. The molecule has 0 atom stereocenters. The molecular formula is C10H10N6O2. The Hall–Kier alpha value is -2.51. The van der Waals surface area contributed by atoms with Crippen molar-refractivity contribution < 1.29 is 4.52 Å². The van der Waals surface area contributed by atoms with Gasteiger partial charge < -0.3 is 4.52 Å². The van der Waals surface area contributed by atoms with E-state index < -0.39 is 0 Å². The Morgan fingerprint density at radius 3 is 3.00 bits per heavy atom. The van der Waals surface area contributed by atoms with Crippen molar-refractivity contribution in [1.29, 1.82) is 0 Å². The zero-order chi connectivity index (χ0) is 12.7. The first-order chi connectivity index (χ1) is 8.65. The fraction of sp³-hybridized carbons (Fsp3) is 0.300. The van der Waals surface area contributed by atoms with Crippen LogP contribution in [0.25, 0.3) is 11.0 Å². The van der Waals surface area contributed by atoms with Gasteiger partial charge in [0, 0.05) is 7.05 Å². The van der Waals surface area contributed by atoms with Gasteiger partial charge in [-0.05, 0) is 6.92 Å². The summed E-state index contributed by atoms with van der Waals surface area (Å²) in [6, 6.07) is 0. The highest BCUT2D eigenvalue weighted by Crippen LogP contribution is 2.04. The van der Waals surface area contributed by atoms with Gasteiger partial charge in [0.15, 0.2) is 11.5 Å². The average Bonchev–Trinajstić information content (AvgIpc) is 2.91. The minimum Gasteiger partial charge on any atom is -0.337 e. The first-order valence-corrected chi connectivity index (χ1v) is 5.31. The molecule has 0 saturated heterocycles. The van der Waals surface area contributed by atoms with Crippen LogP contribution in [0.5, 0.6) is 0 Å². The van der Waals surface area contributed by atoms with E-state index in [1.807, 2.05) is 0 Å². The second-order valence-corrected chi connectivity index (χ2v) is 3.92. The molecule has 0 aromatic carbocycles. The highest BCUT2D eigenvalue weighted by Gasteiger charge is 2.10. The van der Waals surface area contributed by atoms with E-state index in [0.29, 0.717) is 22.7 Å². The largest absolute Gasteiger partial charge is 0.337 e. The number of hydrogen-bond donors (Lipinski definition) is 0. The van der Waals surface area contributed by atoms with Crippen LogP contribution in [-0.2, 0) is 13.6 Å². The lowest BCUT2D eigenvalue weighted by Crippen LogP contribution is -2.21. The Morgan fingerprint density at radius 2 is 2.28 bits per heavy atom. The van der Waals surface area contributed by atoms with Crippen LogP contribution in [0.1, 0.15) is 11.7 Å². The molecule has 0 N–H and O–H groups in total. The van der Waals surface area contributed by atoms with E-state index in [-0.39, 0.29) is 12.1 Å². The van der Waals surface area contributed by atoms with Crippen LogP contribution in [-0.4, -0.2) is 29.5 Å². The number of hydrogen-bond acceptors (Lipinski definition) is 6. The van der Waals surface area contributed by atoms with Crippen molar-refractivity contribution in [3.63, 3.8) is 0 Å². The van der Waals surface area contributed by atoms with Crippen LogP contribution < -0.4 is 5.56 Å². The van der Waals surface area contributed by atoms with Gasteiger partial charge in [0.1, 0.15) is 18.3 Å². The van der Waals surface area contributed by atoms with Crippen molar-refractivity contribution in [3.8, 4) is 0 Å². The molecule has 0 saturated carbocycles. The Bertz CT molecular complexity index is 768. The first kappa shape index (κ1) is 10.6. The van der Waals surface area contributed by atoms with Gasteiger partial charge >= 0.3 is 0 Å². The van der Waals surface area contributed by atoms with Crippen molar-refractivity contribution in [3.05, 3.63) is 34.6 Å². The van der Waals surface area contributed by atoms with Crippen LogP contribution in [0.2, 0.25) is 0 Å². The quantitative estimate of drug-likeness (QED) is 0.625. The summed E-state index contributed by atoms with van der Waals surface area (Å²) >= 11 is 0. The molecular weight excluding hydrogens is 236 g/mol. The molecule has 8 nitrogen and oxygen atoms in total. The maximum atomic E-state index is 12.1. The number of aryl methyl sites for hydroxylation is 2. The maximum Gasteiger partial charge on any atom is 0.264 e. The maximum absolute atomic E-state index is 12.1. The van der Waals surface area contributed by atoms with E-state index in [4.69, 9.17) is 4.52 Å². The summed E-state index contributed by atoms with van der Waals surface area (Å²) in [7, 11) is 1.74. The molecule has 0 aliphatic heterocycles. The summed E-state index contributed by atoms with van der Waals surface area (Å²) in [5.74, 6) is 0.910.